The summed E-state index contributed by atoms with van der Waals surface area (Å²) in [5.41, 5.74) is 0.823. The van der Waals surface area contributed by atoms with Gasteiger partial charge in [-0.2, -0.15) is 0 Å². The Morgan fingerprint density at radius 2 is 2.14 bits per heavy atom. The molecular formula is C11H13NOS. The van der Waals surface area contributed by atoms with Gasteiger partial charge in [0.25, 0.3) is 0 Å². The van der Waals surface area contributed by atoms with Crippen LogP contribution in [0.3, 0.4) is 0 Å². The number of para-hydroxylation sites is 1. The van der Waals surface area contributed by atoms with Gasteiger partial charge < -0.3 is 5.32 Å². The van der Waals surface area contributed by atoms with Crippen molar-refractivity contribution >= 4 is 23.4 Å². The van der Waals surface area contributed by atoms with Crippen LogP contribution >= 0.6 is 11.8 Å². The van der Waals surface area contributed by atoms with Crippen LogP contribution in [0.1, 0.15) is 6.92 Å². The van der Waals surface area contributed by atoms with Crippen molar-refractivity contribution in [3.05, 3.63) is 41.8 Å². The summed E-state index contributed by atoms with van der Waals surface area (Å²) >= 11 is 1.61. The number of thioether (sulfide) groups is 1. The standard InChI is InChI=1S/C11H13NOS/c1-2-14-9-8-11(13)12-10-6-4-3-5-7-10/h3-9H,2H2,1H3,(H,12,13). The van der Waals surface area contributed by atoms with Crippen molar-refractivity contribution in [3.8, 4) is 0 Å². The fraction of sp³-hybridized carbons (Fsp3) is 0.182. The predicted molar refractivity (Wildman–Crippen MR) is 62.3 cm³/mol. The van der Waals surface area contributed by atoms with Crippen molar-refractivity contribution in [3.63, 3.8) is 0 Å². The second-order valence-electron chi connectivity index (χ2n) is 2.61. The highest BCUT2D eigenvalue weighted by Crippen LogP contribution is 2.05. The molecule has 0 saturated heterocycles. The average Bonchev–Trinajstić information content (AvgIpc) is 2.20. The minimum absolute atomic E-state index is 0.0860. The molecule has 0 aliphatic rings. The van der Waals surface area contributed by atoms with Gasteiger partial charge in [-0.15, -0.1) is 11.8 Å². The highest BCUT2D eigenvalue weighted by Gasteiger charge is 1.94. The van der Waals surface area contributed by atoms with Crippen molar-refractivity contribution in [1.29, 1.82) is 0 Å². The average molecular weight is 207 g/mol. The first-order chi connectivity index (χ1) is 6.83. The molecule has 0 unspecified atom stereocenters. The normalized spacial score (nSPS) is 10.4. The Labute approximate surface area is 88.4 Å². The van der Waals surface area contributed by atoms with E-state index in [4.69, 9.17) is 0 Å². The molecule has 0 spiro atoms. The smallest absolute Gasteiger partial charge is 0.248 e. The maximum absolute atomic E-state index is 11.3. The van der Waals surface area contributed by atoms with Crippen molar-refractivity contribution in [2.24, 2.45) is 0 Å². The van der Waals surface area contributed by atoms with Crippen molar-refractivity contribution < 1.29 is 4.79 Å². The van der Waals surface area contributed by atoms with E-state index in [1.165, 1.54) is 0 Å². The number of carbonyl (C=O) groups excluding carboxylic acids is 1. The molecule has 1 aromatic carbocycles. The summed E-state index contributed by atoms with van der Waals surface area (Å²) in [6.07, 6.45) is 1.54. The third-order valence-corrected chi connectivity index (χ3v) is 2.19. The quantitative estimate of drug-likeness (QED) is 0.769. The van der Waals surface area contributed by atoms with Crippen LogP contribution in [0.2, 0.25) is 0 Å². The molecule has 1 amide bonds. The van der Waals surface area contributed by atoms with E-state index in [0.29, 0.717) is 0 Å². The number of nitrogens with one attached hydrogen (secondary N) is 1. The third kappa shape index (κ3) is 4.14. The van der Waals surface area contributed by atoms with Gasteiger partial charge in [0.1, 0.15) is 0 Å². The number of amides is 1. The number of benzene rings is 1. The molecule has 2 nitrogen and oxygen atoms in total. The zero-order chi connectivity index (χ0) is 10.2. The van der Waals surface area contributed by atoms with Crippen LogP contribution in [0.25, 0.3) is 0 Å². The van der Waals surface area contributed by atoms with Gasteiger partial charge in [-0.3, -0.25) is 4.79 Å². The lowest BCUT2D eigenvalue weighted by molar-refractivity contribution is -0.111. The molecule has 0 fully saturated rings. The molecule has 0 saturated carbocycles. The summed E-state index contributed by atoms with van der Waals surface area (Å²) in [6, 6.07) is 9.41. The van der Waals surface area contributed by atoms with Gasteiger partial charge in [0.05, 0.1) is 0 Å². The Kier molecular flexibility index (Phi) is 4.86. The number of hydrogen-bond donors (Lipinski definition) is 1. The van der Waals surface area contributed by atoms with Crippen molar-refractivity contribution in [2.45, 2.75) is 6.92 Å². The number of anilines is 1. The Bertz CT molecular complexity index is 308. The molecule has 14 heavy (non-hydrogen) atoms. The first kappa shape index (κ1) is 10.9. The zero-order valence-corrected chi connectivity index (χ0v) is 8.88. The lowest BCUT2D eigenvalue weighted by Gasteiger charge is -1.99. The largest absolute Gasteiger partial charge is 0.322 e. The third-order valence-electron chi connectivity index (χ3n) is 1.52. The van der Waals surface area contributed by atoms with Crippen molar-refractivity contribution in [2.75, 3.05) is 11.1 Å². The number of rotatable bonds is 4. The fourth-order valence-electron chi connectivity index (χ4n) is 0.912. The fourth-order valence-corrected chi connectivity index (χ4v) is 1.32. The molecule has 1 N–H and O–H groups in total. The summed E-state index contributed by atoms with van der Waals surface area (Å²) in [5, 5.41) is 4.57. The molecular weight excluding hydrogens is 194 g/mol. The topological polar surface area (TPSA) is 29.1 Å². The highest BCUT2D eigenvalue weighted by atomic mass is 32.2. The van der Waals surface area contributed by atoms with Gasteiger partial charge in [-0.25, -0.2) is 0 Å². The number of carbonyl (C=O) groups is 1. The van der Waals surface area contributed by atoms with Gasteiger partial charge in [0.2, 0.25) is 5.91 Å². The van der Waals surface area contributed by atoms with Gasteiger partial charge in [-0.05, 0) is 23.3 Å². The predicted octanol–water partition coefficient (Wildman–Crippen LogP) is 2.89. The van der Waals surface area contributed by atoms with Crippen LogP contribution in [0, 0.1) is 0 Å². The maximum Gasteiger partial charge on any atom is 0.248 e. The summed E-state index contributed by atoms with van der Waals surface area (Å²) in [7, 11) is 0. The van der Waals surface area contributed by atoms with Crippen LogP contribution in [-0.2, 0) is 4.79 Å². The summed E-state index contributed by atoms with van der Waals surface area (Å²) in [4.78, 5) is 11.3. The van der Waals surface area contributed by atoms with E-state index in [9.17, 15) is 4.79 Å². The minimum Gasteiger partial charge on any atom is -0.322 e. The molecule has 0 aliphatic carbocycles. The first-order valence-electron chi connectivity index (χ1n) is 4.47. The van der Waals surface area contributed by atoms with Gasteiger partial charge in [0.15, 0.2) is 0 Å². The molecule has 0 aromatic heterocycles. The second-order valence-corrected chi connectivity index (χ2v) is 3.80. The molecule has 0 bridgehead atoms. The maximum atomic E-state index is 11.3. The minimum atomic E-state index is -0.0860. The second kappa shape index (κ2) is 6.27. The lowest BCUT2D eigenvalue weighted by atomic mass is 10.3. The van der Waals surface area contributed by atoms with Gasteiger partial charge in [-0.1, -0.05) is 25.1 Å². The molecule has 0 radical (unpaired) electrons. The summed E-state index contributed by atoms with van der Waals surface area (Å²) < 4.78 is 0. The van der Waals surface area contributed by atoms with Crippen LogP contribution in [0.5, 0.6) is 0 Å². The lowest BCUT2D eigenvalue weighted by Crippen LogP contribution is -2.07. The molecule has 0 atom stereocenters. The van der Waals surface area contributed by atoms with E-state index in [0.717, 1.165) is 11.4 Å². The van der Waals surface area contributed by atoms with E-state index in [-0.39, 0.29) is 5.91 Å². The number of hydrogen-bond acceptors (Lipinski definition) is 2. The Morgan fingerprint density at radius 3 is 2.79 bits per heavy atom. The van der Waals surface area contributed by atoms with Gasteiger partial charge in [0, 0.05) is 11.8 Å². The van der Waals surface area contributed by atoms with Crippen LogP contribution in [0.4, 0.5) is 5.69 Å². The van der Waals surface area contributed by atoms with E-state index >= 15 is 0 Å². The van der Waals surface area contributed by atoms with Crippen LogP contribution in [-0.4, -0.2) is 11.7 Å². The Balaban J connectivity index is 2.42. The molecule has 1 aromatic rings. The van der Waals surface area contributed by atoms with E-state index in [1.807, 2.05) is 37.3 Å². The first-order valence-corrected chi connectivity index (χ1v) is 5.52. The molecule has 0 heterocycles. The monoisotopic (exact) mass is 207 g/mol. The Morgan fingerprint density at radius 1 is 1.43 bits per heavy atom. The molecule has 3 heteroatoms. The SMILES string of the molecule is CCSC=CC(=O)Nc1ccccc1. The zero-order valence-electron chi connectivity index (χ0n) is 8.07. The molecule has 0 aliphatic heterocycles. The van der Waals surface area contributed by atoms with Crippen LogP contribution in [0.15, 0.2) is 41.8 Å². The van der Waals surface area contributed by atoms with E-state index in [1.54, 1.807) is 23.2 Å². The summed E-state index contributed by atoms with van der Waals surface area (Å²) in [6.45, 7) is 2.05. The molecule has 1 rings (SSSR count). The van der Waals surface area contributed by atoms with Gasteiger partial charge >= 0.3 is 0 Å². The van der Waals surface area contributed by atoms with E-state index < -0.39 is 0 Å². The highest BCUT2D eigenvalue weighted by molar-refractivity contribution is 8.02. The van der Waals surface area contributed by atoms with Crippen molar-refractivity contribution in [1.82, 2.24) is 0 Å². The van der Waals surface area contributed by atoms with E-state index in [2.05, 4.69) is 5.32 Å². The molecule has 74 valence electrons. The van der Waals surface area contributed by atoms with Crippen LogP contribution < -0.4 is 5.32 Å². The Hall–Kier alpha value is -1.22. The summed E-state index contributed by atoms with van der Waals surface area (Å²) in [5.74, 6) is 0.895.